The van der Waals surface area contributed by atoms with E-state index in [0.29, 0.717) is 16.3 Å². The SMILES string of the molecule is NC(=O)CN(CC(N)=O)Cc1cc(N)ccc1Cl. The van der Waals surface area contributed by atoms with E-state index in [2.05, 4.69) is 0 Å². The van der Waals surface area contributed by atoms with Crippen LogP contribution in [0.3, 0.4) is 0 Å². The van der Waals surface area contributed by atoms with Crippen LogP contribution in [0.4, 0.5) is 5.69 Å². The first kappa shape index (κ1) is 14.3. The normalized spacial score (nSPS) is 10.6. The zero-order chi connectivity index (χ0) is 13.7. The summed E-state index contributed by atoms with van der Waals surface area (Å²) in [4.78, 5) is 23.3. The van der Waals surface area contributed by atoms with Gasteiger partial charge in [-0.25, -0.2) is 0 Å². The molecular weight excluding hydrogens is 256 g/mol. The summed E-state index contributed by atoms with van der Waals surface area (Å²) in [6.45, 7) is 0.123. The molecule has 0 fully saturated rings. The quantitative estimate of drug-likeness (QED) is 0.615. The molecule has 98 valence electrons. The number of carbonyl (C=O) groups excluding carboxylic acids is 2. The highest BCUT2D eigenvalue weighted by Crippen LogP contribution is 2.20. The zero-order valence-corrected chi connectivity index (χ0v) is 10.5. The number of amides is 2. The number of carbonyl (C=O) groups is 2. The second-order valence-electron chi connectivity index (χ2n) is 3.93. The third-order valence-electron chi connectivity index (χ3n) is 2.22. The number of nitrogen functional groups attached to an aromatic ring is 1. The van der Waals surface area contributed by atoms with Crippen molar-refractivity contribution in [2.45, 2.75) is 6.54 Å². The lowest BCUT2D eigenvalue weighted by Crippen LogP contribution is -2.39. The summed E-state index contributed by atoms with van der Waals surface area (Å²) in [5, 5.41) is 0.503. The van der Waals surface area contributed by atoms with E-state index in [1.807, 2.05) is 0 Å². The molecule has 0 bridgehead atoms. The fourth-order valence-electron chi connectivity index (χ4n) is 1.57. The molecule has 0 heterocycles. The van der Waals surface area contributed by atoms with Crippen molar-refractivity contribution >= 4 is 29.1 Å². The van der Waals surface area contributed by atoms with Crippen molar-refractivity contribution in [1.29, 1.82) is 0 Å². The number of nitrogens with two attached hydrogens (primary N) is 3. The molecule has 0 saturated heterocycles. The molecule has 0 atom stereocenters. The Hall–Kier alpha value is -1.79. The highest BCUT2D eigenvalue weighted by molar-refractivity contribution is 6.31. The van der Waals surface area contributed by atoms with E-state index in [9.17, 15) is 9.59 Å². The van der Waals surface area contributed by atoms with Gasteiger partial charge in [-0.2, -0.15) is 0 Å². The second-order valence-corrected chi connectivity index (χ2v) is 4.34. The van der Waals surface area contributed by atoms with Crippen LogP contribution in [0.25, 0.3) is 0 Å². The molecule has 0 aliphatic heterocycles. The highest BCUT2D eigenvalue weighted by atomic mass is 35.5. The second kappa shape index (κ2) is 6.23. The predicted molar refractivity (Wildman–Crippen MR) is 69.5 cm³/mol. The van der Waals surface area contributed by atoms with Gasteiger partial charge in [-0.15, -0.1) is 0 Å². The van der Waals surface area contributed by atoms with Crippen molar-refractivity contribution in [2.75, 3.05) is 18.8 Å². The first-order chi connectivity index (χ1) is 8.38. The number of rotatable bonds is 6. The number of hydrogen-bond acceptors (Lipinski definition) is 4. The van der Waals surface area contributed by atoms with Gasteiger partial charge in [0.05, 0.1) is 13.1 Å². The van der Waals surface area contributed by atoms with Crippen LogP contribution in [0.1, 0.15) is 5.56 Å². The molecule has 0 aliphatic rings. The van der Waals surface area contributed by atoms with Gasteiger partial charge in [0.25, 0.3) is 0 Å². The molecule has 0 saturated carbocycles. The topological polar surface area (TPSA) is 115 Å². The van der Waals surface area contributed by atoms with Gasteiger partial charge >= 0.3 is 0 Å². The summed E-state index contributed by atoms with van der Waals surface area (Å²) in [6, 6.07) is 4.99. The van der Waals surface area contributed by atoms with E-state index in [1.165, 1.54) is 4.90 Å². The van der Waals surface area contributed by atoms with Crippen molar-refractivity contribution in [3.05, 3.63) is 28.8 Å². The van der Waals surface area contributed by atoms with Gasteiger partial charge in [0.15, 0.2) is 0 Å². The summed E-state index contributed by atoms with van der Waals surface area (Å²) >= 11 is 6.00. The van der Waals surface area contributed by atoms with E-state index in [1.54, 1.807) is 18.2 Å². The lowest BCUT2D eigenvalue weighted by molar-refractivity contribution is -0.122. The van der Waals surface area contributed by atoms with E-state index in [0.717, 1.165) is 0 Å². The predicted octanol–water partition coefficient (Wildman–Crippen LogP) is -0.305. The van der Waals surface area contributed by atoms with Crippen molar-refractivity contribution in [1.82, 2.24) is 4.90 Å². The molecule has 0 aromatic heterocycles. The van der Waals surface area contributed by atoms with Crippen molar-refractivity contribution in [2.24, 2.45) is 11.5 Å². The van der Waals surface area contributed by atoms with Gasteiger partial charge in [0, 0.05) is 17.3 Å². The van der Waals surface area contributed by atoms with Crippen LogP contribution in [0.2, 0.25) is 5.02 Å². The number of anilines is 1. The summed E-state index contributed by atoms with van der Waals surface area (Å²) in [5.74, 6) is -1.09. The van der Waals surface area contributed by atoms with Crippen LogP contribution >= 0.6 is 11.6 Å². The molecule has 7 heteroatoms. The third-order valence-corrected chi connectivity index (χ3v) is 2.59. The number of halogens is 1. The maximum Gasteiger partial charge on any atom is 0.231 e. The molecule has 2 amide bonds. The van der Waals surface area contributed by atoms with Crippen LogP contribution in [-0.2, 0) is 16.1 Å². The molecule has 0 aliphatic carbocycles. The van der Waals surface area contributed by atoms with E-state index < -0.39 is 11.8 Å². The molecule has 1 aromatic rings. The number of hydrogen-bond donors (Lipinski definition) is 3. The van der Waals surface area contributed by atoms with Crippen LogP contribution in [0.15, 0.2) is 18.2 Å². The van der Waals surface area contributed by atoms with Gasteiger partial charge < -0.3 is 17.2 Å². The molecule has 0 unspecified atom stereocenters. The zero-order valence-electron chi connectivity index (χ0n) is 9.73. The average Bonchev–Trinajstić information content (AvgIpc) is 2.21. The standard InChI is InChI=1S/C11H15ClN4O2/c12-9-2-1-8(13)3-7(9)4-16(5-10(14)17)6-11(15)18/h1-3H,4-6,13H2,(H2,14,17)(H2,15,18). The average molecular weight is 271 g/mol. The van der Waals surface area contributed by atoms with Gasteiger partial charge in [0.1, 0.15) is 0 Å². The summed E-state index contributed by atoms with van der Waals surface area (Å²) in [7, 11) is 0. The Bertz CT molecular complexity index is 448. The van der Waals surface area contributed by atoms with Crippen LogP contribution in [0.5, 0.6) is 0 Å². The minimum atomic E-state index is -0.545. The van der Waals surface area contributed by atoms with Crippen LogP contribution < -0.4 is 17.2 Å². The summed E-state index contributed by atoms with van der Waals surface area (Å²) in [5.41, 5.74) is 17.1. The maximum absolute atomic E-state index is 10.9. The first-order valence-corrected chi connectivity index (χ1v) is 5.59. The third kappa shape index (κ3) is 4.60. The van der Waals surface area contributed by atoms with Crippen molar-refractivity contribution < 1.29 is 9.59 Å². The first-order valence-electron chi connectivity index (χ1n) is 5.21. The van der Waals surface area contributed by atoms with Gasteiger partial charge in [0.2, 0.25) is 11.8 Å². The Morgan fingerprint density at radius 3 is 2.22 bits per heavy atom. The molecular formula is C11H15ClN4O2. The van der Waals surface area contributed by atoms with Crippen LogP contribution in [-0.4, -0.2) is 29.8 Å². The Morgan fingerprint density at radius 2 is 1.72 bits per heavy atom. The fourth-order valence-corrected chi connectivity index (χ4v) is 1.74. The molecule has 6 nitrogen and oxygen atoms in total. The van der Waals surface area contributed by atoms with E-state index in [4.69, 9.17) is 28.8 Å². The summed E-state index contributed by atoms with van der Waals surface area (Å²) in [6.07, 6.45) is 0. The Balaban J connectivity index is 2.84. The van der Waals surface area contributed by atoms with Gasteiger partial charge in [-0.3, -0.25) is 14.5 Å². The minimum absolute atomic E-state index is 0.0753. The summed E-state index contributed by atoms with van der Waals surface area (Å²) < 4.78 is 0. The van der Waals surface area contributed by atoms with Gasteiger partial charge in [-0.05, 0) is 23.8 Å². The van der Waals surface area contributed by atoms with Crippen LogP contribution in [0, 0.1) is 0 Å². The molecule has 0 spiro atoms. The number of nitrogens with zero attached hydrogens (tertiary/aromatic N) is 1. The van der Waals surface area contributed by atoms with E-state index >= 15 is 0 Å². The largest absolute Gasteiger partial charge is 0.399 e. The smallest absolute Gasteiger partial charge is 0.231 e. The molecule has 18 heavy (non-hydrogen) atoms. The number of primary amides is 2. The molecule has 6 N–H and O–H groups in total. The number of benzene rings is 1. The Morgan fingerprint density at radius 1 is 1.17 bits per heavy atom. The highest BCUT2D eigenvalue weighted by Gasteiger charge is 2.13. The minimum Gasteiger partial charge on any atom is -0.399 e. The molecule has 1 aromatic carbocycles. The lowest BCUT2D eigenvalue weighted by atomic mass is 10.2. The Kier molecular flexibility index (Phi) is 4.94. The molecule has 0 radical (unpaired) electrons. The monoisotopic (exact) mass is 270 g/mol. The van der Waals surface area contributed by atoms with Crippen molar-refractivity contribution in [3.63, 3.8) is 0 Å². The Labute approximate surface area is 110 Å². The van der Waals surface area contributed by atoms with Crippen molar-refractivity contribution in [3.8, 4) is 0 Å². The lowest BCUT2D eigenvalue weighted by Gasteiger charge is -2.19. The van der Waals surface area contributed by atoms with E-state index in [-0.39, 0.29) is 19.6 Å². The van der Waals surface area contributed by atoms with Gasteiger partial charge in [-0.1, -0.05) is 11.6 Å². The fraction of sp³-hybridized carbons (Fsp3) is 0.273. The maximum atomic E-state index is 10.9. The molecule has 1 rings (SSSR count).